The minimum absolute atomic E-state index is 0. The van der Waals surface area contributed by atoms with Crippen LogP contribution in [-0.4, -0.2) is 57.8 Å². The molecular formula is H5NaO4SiZn. The Bertz CT molecular complexity index is 27.2. The first-order valence-electron chi connectivity index (χ1n) is 0.894. The molecule has 0 bridgehead atoms. The Balaban J connectivity index is -0.0000000800. The third-order valence-electron chi connectivity index (χ3n) is 0. The maximum absolute atomic E-state index is 7.33. The molecule has 0 atom stereocenters. The normalized spacial score (nSPS) is 8.57. The SMILES string of the molecule is O[Si](O)(O)O.[NaH].[Zn]. The molecule has 0 rings (SSSR count). The Labute approximate surface area is 76.7 Å². The summed E-state index contributed by atoms with van der Waals surface area (Å²) in [6.45, 7) is 0. The van der Waals surface area contributed by atoms with E-state index in [1.165, 1.54) is 0 Å². The topological polar surface area (TPSA) is 80.9 Å². The van der Waals surface area contributed by atoms with Gasteiger partial charge in [-0.25, -0.2) is 0 Å². The molecule has 0 aromatic heterocycles. The van der Waals surface area contributed by atoms with Crippen molar-refractivity contribution in [1.29, 1.82) is 0 Å². The first kappa shape index (κ1) is 15.9. The molecule has 0 aromatic carbocycles. The molecule has 0 aliphatic rings. The van der Waals surface area contributed by atoms with Crippen LogP contribution in [0.4, 0.5) is 0 Å². The van der Waals surface area contributed by atoms with Gasteiger partial charge < -0.3 is 19.2 Å². The van der Waals surface area contributed by atoms with Crippen molar-refractivity contribution in [3.63, 3.8) is 0 Å². The van der Waals surface area contributed by atoms with E-state index >= 15 is 0 Å². The minimum atomic E-state index is -4.61. The van der Waals surface area contributed by atoms with E-state index < -0.39 is 9.05 Å². The Morgan fingerprint density at radius 1 is 0.857 bits per heavy atom. The van der Waals surface area contributed by atoms with Crippen molar-refractivity contribution >= 4 is 38.6 Å². The Kier molecular flexibility index (Phi) is 13.2. The molecule has 0 aromatic rings. The van der Waals surface area contributed by atoms with Gasteiger partial charge in [0.05, 0.1) is 0 Å². The van der Waals surface area contributed by atoms with E-state index in [4.69, 9.17) is 19.2 Å². The van der Waals surface area contributed by atoms with Crippen LogP contribution in [0, 0.1) is 0 Å². The van der Waals surface area contributed by atoms with Gasteiger partial charge in [0.15, 0.2) is 0 Å². The minimum Gasteiger partial charge on any atom is 0 e. The standard InChI is InChI=1S/Na.H4O4Si.Zn.H/c;1-5(2,3)4;;/h;1-4H;;. The van der Waals surface area contributed by atoms with Crippen molar-refractivity contribution in [2.75, 3.05) is 0 Å². The third kappa shape index (κ3) is 87.8. The molecule has 4 nitrogen and oxygen atoms in total. The van der Waals surface area contributed by atoms with Crippen molar-refractivity contribution in [2.24, 2.45) is 0 Å². The van der Waals surface area contributed by atoms with Crippen molar-refractivity contribution in [2.45, 2.75) is 0 Å². The molecule has 0 fully saturated rings. The van der Waals surface area contributed by atoms with Gasteiger partial charge in [0, 0.05) is 19.5 Å². The zero-order valence-electron chi connectivity index (χ0n) is 3.00. The molecule has 0 radical (unpaired) electrons. The molecule has 4 N–H and O–H groups in total. The van der Waals surface area contributed by atoms with Gasteiger partial charge in [-0.3, -0.25) is 0 Å². The summed E-state index contributed by atoms with van der Waals surface area (Å²) in [4.78, 5) is 29.3. The van der Waals surface area contributed by atoms with E-state index in [1.807, 2.05) is 0 Å². The number of hydrogen-bond donors (Lipinski definition) is 4. The predicted octanol–water partition coefficient (Wildman–Crippen LogP) is -3.26. The molecule has 0 saturated carbocycles. The van der Waals surface area contributed by atoms with Gasteiger partial charge in [0.2, 0.25) is 0 Å². The summed E-state index contributed by atoms with van der Waals surface area (Å²) in [5.74, 6) is 0. The van der Waals surface area contributed by atoms with Gasteiger partial charge >= 0.3 is 38.6 Å². The van der Waals surface area contributed by atoms with Crippen LogP contribution in [-0.2, 0) is 19.5 Å². The van der Waals surface area contributed by atoms with Crippen molar-refractivity contribution < 1.29 is 38.7 Å². The summed E-state index contributed by atoms with van der Waals surface area (Å²) >= 11 is 0. The molecule has 0 saturated heterocycles. The fraction of sp³-hybridized carbons (Fsp3) is 0. The van der Waals surface area contributed by atoms with Gasteiger partial charge in [0.25, 0.3) is 0 Å². The van der Waals surface area contributed by atoms with Gasteiger partial charge in [0.1, 0.15) is 0 Å². The Morgan fingerprint density at radius 3 is 0.857 bits per heavy atom. The summed E-state index contributed by atoms with van der Waals surface area (Å²) in [6, 6.07) is 0. The Morgan fingerprint density at radius 2 is 0.857 bits per heavy atom. The quantitative estimate of drug-likeness (QED) is 0.299. The molecule has 0 aliphatic heterocycles. The molecule has 0 amide bonds. The van der Waals surface area contributed by atoms with E-state index in [0.29, 0.717) is 0 Å². The van der Waals surface area contributed by atoms with E-state index in [2.05, 4.69) is 0 Å². The number of rotatable bonds is 0. The second-order valence-corrected chi connectivity index (χ2v) is 1.80. The molecule has 0 spiro atoms. The van der Waals surface area contributed by atoms with E-state index in [9.17, 15) is 0 Å². The average molecular weight is 186 g/mol. The van der Waals surface area contributed by atoms with Gasteiger partial charge in [-0.2, -0.15) is 0 Å². The van der Waals surface area contributed by atoms with Crippen molar-refractivity contribution in [3.8, 4) is 0 Å². The van der Waals surface area contributed by atoms with Crippen LogP contribution in [0.3, 0.4) is 0 Å². The second-order valence-electron chi connectivity index (χ2n) is 0.600. The average Bonchev–Trinajstić information content (AvgIpc) is 0.722. The summed E-state index contributed by atoms with van der Waals surface area (Å²) < 4.78 is 0. The van der Waals surface area contributed by atoms with E-state index in [-0.39, 0.29) is 49.0 Å². The van der Waals surface area contributed by atoms with E-state index in [1.54, 1.807) is 0 Å². The third-order valence-corrected chi connectivity index (χ3v) is 0. The van der Waals surface area contributed by atoms with Crippen LogP contribution in [0.5, 0.6) is 0 Å². The molecule has 0 unspecified atom stereocenters. The smallest absolute Gasteiger partial charge is 0 e. The summed E-state index contributed by atoms with van der Waals surface area (Å²) in [6.07, 6.45) is 0. The summed E-state index contributed by atoms with van der Waals surface area (Å²) in [5, 5.41) is 0. The first-order chi connectivity index (χ1) is 2.00. The summed E-state index contributed by atoms with van der Waals surface area (Å²) in [7, 11) is -4.61. The van der Waals surface area contributed by atoms with Crippen LogP contribution in [0.1, 0.15) is 0 Å². The van der Waals surface area contributed by atoms with Crippen LogP contribution in [0.2, 0.25) is 0 Å². The van der Waals surface area contributed by atoms with Gasteiger partial charge in [-0.05, 0) is 0 Å². The zero-order valence-corrected chi connectivity index (χ0v) is 6.96. The van der Waals surface area contributed by atoms with Crippen molar-refractivity contribution in [1.82, 2.24) is 0 Å². The maximum Gasteiger partial charge on any atom is 0 e. The maximum atomic E-state index is 7.33. The second kappa shape index (κ2) is 5.81. The first-order valence-corrected chi connectivity index (χ1v) is 2.68. The molecule has 36 valence electrons. The van der Waals surface area contributed by atoms with Gasteiger partial charge in [-0.1, -0.05) is 0 Å². The zero-order chi connectivity index (χ0) is 4.50. The molecular weight excluding hydrogens is 180 g/mol. The number of hydrogen-bond acceptors (Lipinski definition) is 4. The Hall–Kier alpha value is 1.68. The largest absolute Gasteiger partial charge is 0 e. The van der Waals surface area contributed by atoms with E-state index in [0.717, 1.165) is 0 Å². The van der Waals surface area contributed by atoms with Crippen LogP contribution < -0.4 is 0 Å². The predicted molar refractivity (Wildman–Crippen MR) is 21.8 cm³/mol. The van der Waals surface area contributed by atoms with Crippen molar-refractivity contribution in [3.05, 3.63) is 0 Å². The molecule has 7 heteroatoms. The van der Waals surface area contributed by atoms with Crippen LogP contribution >= 0.6 is 0 Å². The molecule has 0 aliphatic carbocycles. The van der Waals surface area contributed by atoms with Crippen LogP contribution in [0.15, 0.2) is 0 Å². The fourth-order valence-electron chi connectivity index (χ4n) is 0. The fourth-order valence-corrected chi connectivity index (χ4v) is 0. The van der Waals surface area contributed by atoms with Gasteiger partial charge in [-0.15, -0.1) is 0 Å². The monoisotopic (exact) mass is 184 g/mol. The molecule has 7 heavy (non-hydrogen) atoms. The van der Waals surface area contributed by atoms with Crippen LogP contribution in [0.25, 0.3) is 0 Å². The summed E-state index contributed by atoms with van der Waals surface area (Å²) in [5.41, 5.74) is 0. The molecule has 0 heterocycles.